The number of nitrogens with zero attached hydrogens (tertiary/aromatic N) is 1. The fourth-order valence-electron chi connectivity index (χ4n) is 2.20. The average molecular weight is 328 g/mol. The smallest absolute Gasteiger partial charge is 0.140 e. The van der Waals surface area contributed by atoms with Gasteiger partial charge in [0, 0.05) is 0 Å². The Hall–Kier alpha value is -1.59. The third-order valence-electron chi connectivity index (χ3n) is 3.64. The first-order chi connectivity index (χ1) is 10.9. The van der Waals surface area contributed by atoms with Crippen LogP contribution in [0.25, 0.3) is 11.0 Å². The van der Waals surface area contributed by atoms with Gasteiger partial charge < -0.3 is 40.7 Å². The van der Waals surface area contributed by atoms with Crippen LogP contribution >= 0.6 is 0 Å². The Kier molecular flexibility index (Phi) is 5.65. The van der Waals surface area contributed by atoms with Crippen molar-refractivity contribution in [2.45, 2.75) is 36.6 Å². The summed E-state index contributed by atoms with van der Waals surface area (Å²) < 4.78 is 0. The van der Waals surface area contributed by atoms with Crippen molar-refractivity contribution in [3.05, 3.63) is 30.1 Å². The fourth-order valence-corrected chi connectivity index (χ4v) is 2.20. The van der Waals surface area contributed by atoms with Gasteiger partial charge >= 0.3 is 0 Å². The zero-order valence-corrected chi connectivity index (χ0v) is 12.1. The summed E-state index contributed by atoms with van der Waals surface area (Å²) in [4.78, 5) is 6.83. The van der Waals surface area contributed by atoms with Crippen LogP contribution in [0.3, 0.4) is 0 Å². The number of aromatic nitrogens is 2. The van der Waals surface area contributed by atoms with E-state index in [-0.39, 0.29) is 5.82 Å². The maximum absolute atomic E-state index is 10.1. The highest BCUT2D eigenvalue weighted by atomic mass is 16.4. The highest BCUT2D eigenvalue weighted by molar-refractivity contribution is 5.74. The first-order valence-electron chi connectivity index (χ1n) is 7.00. The summed E-state index contributed by atoms with van der Waals surface area (Å²) in [5.41, 5.74) is 1.15. The number of nitrogens with one attached hydrogen (secondary N) is 1. The molecule has 0 radical (unpaired) electrons. The number of fused-ring (bicyclic) bond motifs is 1. The number of hydrogen-bond donors (Lipinski definition) is 8. The van der Waals surface area contributed by atoms with E-state index >= 15 is 0 Å². The van der Waals surface area contributed by atoms with E-state index in [0.717, 1.165) is 0 Å². The highest BCUT2D eigenvalue weighted by Gasteiger charge is 2.38. The van der Waals surface area contributed by atoms with Gasteiger partial charge in [-0.2, -0.15) is 0 Å². The minimum Gasteiger partial charge on any atom is -0.394 e. The molecular weight excluding hydrogens is 308 g/mol. The molecule has 128 valence electrons. The molecule has 1 heterocycles. The van der Waals surface area contributed by atoms with Crippen LogP contribution in [0.4, 0.5) is 0 Å². The Morgan fingerprint density at radius 2 is 1.48 bits per heavy atom. The van der Waals surface area contributed by atoms with Crippen LogP contribution in [-0.2, 0) is 0 Å². The van der Waals surface area contributed by atoms with Gasteiger partial charge in [-0.25, -0.2) is 4.98 Å². The largest absolute Gasteiger partial charge is 0.394 e. The Morgan fingerprint density at radius 3 is 2.09 bits per heavy atom. The molecule has 9 heteroatoms. The zero-order chi connectivity index (χ0) is 17.1. The molecule has 9 nitrogen and oxygen atoms in total. The Balaban J connectivity index is 2.13. The van der Waals surface area contributed by atoms with Gasteiger partial charge in [-0.05, 0) is 12.1 Å². The molecule has 0 saturated carbocycles. The molecule has 8 N–H and O–H groups in total. The van der Waals surface area contributed by atoms with E-state index in [2.05, 4.69) is 9.97 Å². The van der Waals surface area contributed by atoms with E-state index in [1.807, 2.05) is 0 Å². The molecule has 0 fully saturated rings. The highest BCUT2D eigenvalue weighted by Crippen LogP contribution is 2.22. The standard InChI is InChI=1S/C14H20N2O7/c17-5-8(18)9(19)10(20)11(21)12(22)13(23)14-15-6-3-1-2-4-7(6)16-14/h1-4,8-13,17-23H,5H2,(H,15,16)/t8?,9?,10?,11?,12?,13-/m1/s1. The molecule has 1 aromatic heterocycles. The van der Waals surface area contributed by atoms with Crippen molar-refractivity contribution in [1.29, 1.82) is 0 Å². The average Bonchev–Trinajstić information content (AvgIpc) is 3.01. The van der Waals surface area contributed by atoms with Gasteiger partial charge in [0.1, 0.15) is 42.4 Å². The maximum atomic E-state index is 10.1. The number of imidazole rings is 1. The van der Waals surface area contributed by atoms with Crippen LogP contribution in [0.2, 0.25) is 0 Å². The van der Waals surface area contributed by atoms with Crippen molar-refractivity contribution < 1.29 is 35.7 Å². The Morgan fingerprint density at radius 1 is 0.870 bits per heavy atom. The lowest BCUT2D eigenvalue weighted by molar-refractivity contribution is -0.159. The number of aliphatic hydroxyl groups excluding tert-OH is 7. The number of rotatable bonds is 7. The predicted molar refractivity (Wildman–Crippen MR) is 78.2 cm³/mol. The minimum absolute atomic E-state index is 0.0258. The number of aromatic amines is 1. The molecule has 0 saturated heterocycles. The summed E-state index contributed by atoms with van der Waals surface area (Å²) in [5, 5.41) is 67.1. The van der Waals surface area contributed by atoms with E-state index in [1.54, 1.807) is 24.3 Å². The molecule has 0 aliphatic carbocycles. The second-order valence-corrected chi connectivity index (χ2v) is 5.30. The lowest BCUT2D eigenvalue weighted by atomic mass is 9.96. The van der Waals surface area contributed by atoms with Crippen molar-refractivity contribution in [1.82, 2.24) is 9.97 Å². The Bertz CT molecular complexity index is 601. The monoisotopic (exact) mass is 328 g/mol. The fraction of sp³-hybridized carbons (Fsp3) is 0.500. The molecule has 0 bridgehead atoms. The first kappa shape index (κ1) is 17.8. The van der Waals surface area contributed by atoms with E-state index in [0.29, 0.717) is 11.0 Å². The van der Waals surface area contributed by atoms with Gasteiger partial charge in [-0.1, -0.05) is 12.1 Å². The summed E-state index contributed by atoms with van der Waals surface area (Å²) in [5.74, 6) is -0.0258. The molecule has 6 atom stereocenters. The molecule has 0 amide bonds. The maximum Gasteiger partial charge on any atom is 0.140 e. The molecule has 2 aromatic rings. The number of H-pyrrole nitrogens is 1. The molecule has 23 heavy (non-hydrogen) atoms. The second kappa shape index (κ2) is 7.32. The van der Waals surface area contributed by atoms with E-state index in [4.69, 9.17) is 5.11 Å². The molecule has 5 unspecified atom stereocenters. The lowest BCUT2D eigenvalue weighted by Crippen LogP contribution is -2.51. The van der Waals surface area contributed by atoms with Gasteiger partial charge in [0.25, 0.3) is 0 Å². The molecule has 0 aliphatic rings. The van der Waals surface area contributed by atoms with Crippen LogP contribution in [0, 0.1) is 0 Å². The van der Waals surface area contributed by atoms with Gasteiger partial charge in [0.2, 0.25) is 0 Å². The quantitative estimate of drug-likeness (QED) is 0.273. The van der Waals surface area contributed by atoms with Crippen LogP contribution in [0.5, 0.6) is 0 Å². The van der Waals surface area contributed by atoms with E-state index in [1.165, 1.54) is 0 Å². The summed E-state index contributed by atoms with van der Waals surface area (Å²) in [7, 11) is 0. The zero-order valence-electron chi connectivity index (χ0n) is 12.1. The number of hydrogen-bond acceptors (Lipinski definition) is 8. The summed E-state index contributed by atoms with van der Waals surface area (Å²) in [6.45, 7) is -0.840. The lowest BCUT2D eigenvalue weighted by Gasteiger charge is -2.29. The summed E-state index contributed by atoms with van der Waals surface area (Å²) >= 11 is 0. The van der Waals surface area contributed by atoms with E-state index < -0.39 is 43.2 Å². The molecule has 2 rings (SSSR count). The third-order valence-corrected chi connectivity index (χ3v) is 3.64. The minimum atomic E-state index is -1.98. The van der Waals surface area contributed by atoms with Gasteiger partial charge in [0.05, 0.1) is 17.6 Å². The van der Waals surface area contributed by atoms with Crippen molar-refractivity contribution in [2.24, 2.45) is 0 Å². The van der Waals surface area contributed by atoms with Crippen molar-refractivity contribution in [3.63, 3.8) is 0 Å². The first-order valence-corrected chi connectivity index (χ1v) is 7.00. The summed E-state index contributed by atoms with van der Waals surface area (Å²) in [6.07, 6.45) is -11.1. The molecule has 0 aliphatic heterocycles. The van der Waals surface area contributed by atoms with Crippen LogP contribution < -0.4 is 0 Å². The molecule has 0 spiro atoms. The normalized spacial score (nSPS) is 20.0. The topological polar surface area (TPSA) is 170 Å². The van der Waals surface area contributed by atoms with Crippen LogP contribution in [0.1, 0.15) is 11.9 Å². The van der Waals surface area contributed by atoms with Crippen molar-refractivity contribution in [3.8, 4) is 0 Å². The number of benzene rings is 1. The molecular formula is C14H20N2O7. The Labute approximate surface area is 131 Å². The van der Waals surface area contributed by atoms with Crippen LogP contribution in [-0.4, -0.2) is 82.8 Å². The molecule has 1 aromatic carbocycles. The number of aliphatic hydroxyl groups is 7. The van der Waals surface area contributed by atoms with Gasteiger partial charge in [-0.3, -0.25) is 0 Å². The number of para-hydroxylation sites is 2. The third kappa shape index (κ3) is 3.67. The van der Waals surface area contributed by atoms with Crippen molar-refractivity contribution >= 4 is 11.0 Å². The predicted octanol–water partition coefficient (Wildman–Crippen LogP) is -2.61. The van der Waals surface area contributed by atoms with Crippen LogP contribution in [0.15, 0.2) is 24.3 Å². The van der Waals surface area contributed by atoms with Crippen molar-refractivity contribution in [2.75, 3.05) is 6.61 Å². The van der Waals surface area contributed by atoms with E-state index in [9.17, 15) is 30.6 Å². The second-order valence-electron chi connectivity index (χ2n) is 5.30. The van der Waals surface area contributed by atoms with Gasteiger partial charge in [-0.15, -0.1) is 0 Å². The van der Waals surface area contributed by atoms with Gasteiger partial charge in [0.15, 0.2) is 0 Å². The summed E-state index contributed by atoms with van der Waals surface area (Å²) in [6, 6.07) is 6.87. The SMILES string of the molecule is OCC(O)C(O)C(O)C(O)C(O)[C@@H](O)c1nc2ccccc2[nH]1.